The summed E-state index contributed by atoms with van der Waals surface area (Å²) in [5.74, 6) is 0.00532. The molecule has 20 heavy (non-hydrogen) atoms. The third kappa shape index (κ3) is 2.97. The lowest BCUT2D eigenvalue weighted by Gasteiger charge is -2.38. The largest absolute Gasteiger partial charge is 0.507 e. The van der Waals surface area contributed by atoms with Crippen LogP contribution in [0.25, 0.3) is 0 Å². The highest BCUT2D eigenvalue weighted by atomic mass is 16.6. The molecular weight excluding hydrogens is 266 g/mol. The lowest BCUT2D eigenvalue weighted by Crippen LogP contribution is -2.57. The van der Waals surface area contributed by atoms with E-state index in [-0.39, 0.29) is 5.75 Å². The first kappa shape index (κ1) is 14.9. The van der Waals surface area contributed by atoms with Crippen LogP contribution in [0.15, 0.2) is 29.3 Å². The molecule has 1 aliphatic rings. The van der Waals surface area contributed by atoms with Crippen LogP contribution in [0.1, 0.15) is 5.56 Å². The Kier molecular flexibility index (Phi) is 4.69. The number of phenolic OH excluding ortho intramolecular Hbond substituents is 1. The van der Waals surface area contributed by atoms with E-state index in [2.05, 4.69) is 4.99 Å². The summed E-state index contributed by atoms with van der Waals surface area (Å²) in [4.78, 5) is 3.94. The minimum Gasteiger partial charge on any atom is -0.507 e. The minimum absolute atomic E-state index is 0.00532. The highest BCUT2D eigenvalue weighted by Gasteiger charge is 2.43. The molecule has 7 heteroatoms. The van der Waals surface area contributed by atoms with Gasteiger partial charge in [-0.3, -0.25) is 4.99 Å². The Hall–Kier alpha value is -1.51. The number of benzene rings is 1. The van der Waals surface area contributed by atoms with Gasteiger partial charge in [-0.05, 0) is 12.1 Å². The highest BCUT2D eigenvalue weighted by Crippen LogP contribution is 2.22. The van der Waals surface area contributed by atoms with Gasteiger partial charge in [-0.2, -0.15) is 0 Å². The molecule has 0 saturated carbocycles. The standard InChI is InChI=1S/C13H17NO6/c15-6-9-11(17)12(18)10(13(19)20-9)14-5-7-3-1-2-4-8(7)16/h1-5,9-13,15-19H,6H2/t9-,10+,11+,12-,13-/m0/s1. The lowest BCUT2D eigenvalue weighted by molar-refractivity contribution is -0.248. The first-order chi connectivity index (χ1) is 9.54. The van der Waals surface area contributed by atoms with E-state index in [4.69, 9.17) is 9.84 Å². The van der Waals surface area contributed by atoms with E-state index in [1.54, 1.807) is 18.2 Å². The van der Waals surface area contributed by atoms with Gasteiger partial charge in [0.2, 0.25) is 0 Å². The third-order valence-electron chi connectivity index (χ3n) is 3.19. The van der Waals surface area contributed by atoms with Crippen LogP contribution in [0.2, 0.25) is 0 Å². The van der Waals surface area contributed by atoms with E-state index < -0.39 is 37.3 Å². The molecule has 0 spiro atoms. The predicted molar refractivity (Wildman–Crippen MR) is 69.5 cm³/mol. The molecule has 1 heterocycles. The number of aliphatic hydroxyl groups excluding tert-OH is 4. The fraction of sp³-hybridized carbons (Fsp3) is 0.462. The van der Waals surface area contributed by atoms with Gasteiger partial charge in [-0.15, -0.1) is 0 Å². The van der Waals surface area contributed by atoms with Gasteiger partial charge in [-0.25, -0.2) is 0 Å². The number of para-hydroxylation sites is 1. The monoisotopic (exact) mass is 283 g/mol. The molecular formula is C13H17NO6. The van der Waals surface area contributed by atoms with Gasteiger partial charge in [0.25, 0.3) is 0 Å². The van der Waals surface area contributed by atoms with Crippen LogP contribution < -0.4 is 0 Å². The van der Waals surface area contributed by atoms with Crippen molar-refractivity contribution < 1.29 is 30.3 Å². The summed E-state index contributed by atoms with van der Waals surface area (Å²) in [6.07, 6.45) is -3.96. The second kappa shape index (κ2) is 6.29. The maximum Gasteiger partial charge on any atom is 0.180 e. The highest BCUT2D eigenvalue weighted by molar-refractivity contribution is 5.83. The number of aliphatic hydroxyl groups is 4. The lowest BCUT2D eigenvalue weighted by atomic mass is 9.97. The molecule has 1 aromatic carbocycles. The quantitative estimate of drug-likeness (QED) is 0.435. The van der Waals surface area contributed by atoms with Gasteiger partial charge in [0.1, 0.15) is 30.1 Å². The predicted octanol–water partition coefficient (Wildman–Crippen LogP) is -1.39. The fourth-order valence-electron chi connectivity index (χ4n) is 2.01. The van der Waals surface area contributed by atoms with Crippen molar-refractivity contribution in [2.75, 3.05) is 6.61 Å². The van der Waals surface area contributed by atoms with Crippen molar-refractivity contribution in [3.63, 3.8) is 0 Å². The first-order valence-electron chi connectivity index (χ1n) is 6.16. The summed E-state index contributed by atoms with van der Waals surface area (Å²) in [6.45, 7) is -0.523. The molecule has 0 unspecified atom stereocenters. The van der Waals surface area contributed by atoms with Gasteiger partial charge in [0.15, 0.2) is 6.29 Å². The molecule has 5 atom stereocenters. The van der Waals surface area contributed by atoms with Crippen LogP contribution in [0.3, 0.4) is 0 Å². The van der Waals surface area contributed by atoms with E-state index in [1.807, 2.05) is 0 Å². The van der Waals surface area contributed by atoms with Crippen LogP contribution in [-0.4, -0.2) is 69.0 Å². The van der Waals surface area contributed by atoms with Crippen molar-refractivity contribution in [1.29, 1.82) is 0 Å². The van der Waals surface area contributed by atoms with Crippen molar-refractivity contribution in [3.8, 4) is 5.75 Å². The van der Waals surface area contributed by atoms with Gasteiger partial charge < -0.3 is 30.3 Å². The zero-order valence-corrected chi connectivity index (χ0v) is 10.6. The average Bonchev–Trinajstić information content (AvgIpc) is 2.44. The van der Waals surface area contributed by atoms with Crippen molar-refractivity contribution in [3.05, 3.63) is 29.8 Å². The number of ether oxygens (including phenoxy) is 1. The second-order valence-corrected chi connectivity index (χ2v) is 4.56. The minimum atomic E-state index is -1.45. The Morgan fingerprint density at radius 1 is 1.15 bits per heavy atom. The first-order valence-corrected chi connectivity index (χ1v) is 6.16. The molecule has 110 valence electrons. The summed E-state index contributed by atoms with van der Waals surface area (Å²) in [5.41, 5.74) is 0.408. The molecule has 0 amide bonds. The Morgan fingerprint density at radius 3 is 2.50 bits per heavy atom. The topological polar surface area (TPSA) is 123 Å². The number of aromatic hydroxyl groups is 1. The van der Waals surface area contributed by atoms with Crippen LogP contribution in [0, 0.1) is 0 Å². The van der Waals surface area contributed by atoms with Crippen LogP contribution in [0.5, 0.6) is 5.75 Å². The molecule has 1 aliphatic heterocycles. The normalized spacial score (nSPS) is 34.5. The molecule has 0 radical (unpaired) electrons. The van der Waals surface area contributed by atoms with Crippen molar-refractivity contribution in [2.24, 2.45) is 4.99 Å². The summed E-state index contributed by atoms with van der Waals surface area (Å²) in [6, 6.07) is 5.32. The summed E-state index contributed by atoms with van der Waals surface area (Å²) in [7, 11) is 0. The Morgan fingerprint density at radius 2 is 1.85 bits per heavy atom. The van der Waals surface area contributed by atoms with Crippen LogP contribution in [-0.2, 0) is 4.74 Å². The van der Waals surface area contributed by atoms with Gasteiger partial charge >= 0.3 is 0 Å². The number of nitrogens with zero attached hydrogens (tertiary/aromatic N) is 1. The van der Waals surface area contributed by atoms with E-state index >= 15 is 0 Å². The zero-order valence-electron chi connectivity index (χ0n) is 10.6. The SMILES string of the molecule is OC[C@@H]1O[C@H](O)[C@H](N=Cc2ccccc2O)[C@H](O)[C@@H]1O. The fourth-order valence-corrected chi connectivity index (χ4v) is 2.01. The Labute approximate surface area is 115 Å². The molecule has 0 aromatic heterocycles. The zero-order chi connectivity index (χ0) is 14.7. The summed E-state index contributed by atoms with van der Waals surface area (Å²) in [5, 5.41) is 47.8. The van der Waals surface area contributed by atoms with E-state index in [1.165, 1.54) is 12.3 Å². The second-order valence-electron chi connectivity index (χ2n) is 4.56. The number of hydrogen-bond donors (Lipinski definition) is 5. The molecule has 1 aromatic rings. The summed E-state index contributed by atoms with van der Waals surface area (Å²) < 4.78 is 4.97. The number of hydrogen-bond acceptors (Lipinski definition) is 7. The van der Waals surface area contributed by atoms with Crippen molar-refractivity contribution in [1.82, 2.24) is 0 Å². The van der Waals surface area contributed by atoms with Crippen molar-refractivity contribution in [2.45, 2.75) is 30.6 Å². The maximum absolute atomic E-state index is 9.88. The average molecular weight is 283 g/mol. The third-order valence-corrected chi connectivity index (χ3v) is 3.19. The number of aliphatic imine (C=N–C) groups is 1. The van der Waals surface area contributed by atoms with Gasteiger partial charge in [0.05, 0.1) is 6.61 Å². The van der Waals surface area contributed by atoms with E-state index in [9.17, 15) is 20.4 Å². The molecule has 1 fully saturated rings. The van der Waals surface area contributed by atoms with Crippen LogP contribution >= 0.6 is 0 Å². The van der Waals surface area contributed by atoms with E-state index in [0.29, 0.717) is 5.56 Å². The van der Waals surface area contributed by atoms with Crippen LogP contribution in [0.4, 0.5) is 0 Å². The van der Waals surface area contributed by atoms with Gasteiger partial charge in [-0.1, -0.05) is 12.1 Å². The molecule has 2 rings (SSSR count). The molecule has 0 aliphatic carbocycles. The number of phenols is 1. The number of rotatable bonds is 3. The maximum atomic E-state index is 9.88. The smallest absolute Gasteiger partial charge is 0.180 e. The van der Waals surface area contributed by atoms with E-state index in [0.717, 1.165) is 0 Å². The Balaban J connectivity index is 2.14. The van der Waals surface area contributed by atoms with Crippen molar-refractivity contribution >= 4 is 6.21 Å². The Bertz CT molecular complexity index is 480. The molecule has 5 N–H and O–H groups in total. The molecule has 7 nitrogen and oxygen atoms in total. The summed E-state index contributed by atoms with van der Waals surface area (Å²) >= 11 is 0. The molecule has 0 bridgehead atoms. The molecule has 1 saturated heterocycles. The van der Waals surface area contributed by atoms with Gasteiger partial charge in [0, 0.05) is 11.8 Å².